The van der Waals surface area contributed by atoms with Crippen LogP contribution in [0.25, 0.3) is 11.0 Å². The Labute approximate surface area is 178 Å². The molecule has 29 heavy (non-hydrogen) atoms. The Hall–Kier alpha value is -2.31. The summed E-state index contributed by atoms with van der Waals surface area (Å²) in [5, 5.41) is 6.78. The van der Waals surface area contributed by atoms with Gasteiger partial charge in [0.05, 0.1) is 32.3 Å². The zero-order chi connectivity index (χ0) is 20.5. The summed E-state index contributed by atoms with van der Waals surface area (Å²) >= 11 is 12.4. The molecule has 4 rings (SSSR count). The van der Waals surface area contributed by atoms with Crippen molar-refractivity contribution in [1.29, 1.82) is 0 Å². The van der Waals surface area contributed by atoms with Gasteiger partial charge in [0.25, 0.3) is 5.91 Å². The fourth-order valence-electron chi connectivity index (χ4n) is 3.32. The van der Waals surface area contributed by atoms with E-state index in [0.717, 1.165) is 18.8 Å². The fraction of sp³-hybridized carbons (Fsp3) is 0.333. The summed E-state index contributed by atoms with van der Waals surface area (Å²) in [6.45, 7) is 0.548. The van der Waals surface area contributed by atoms with Crippen molar-refractivity contribution in [3.05, 3.63) is 51.8 Å². The molecule has 1 aliphatic rings. The molecule has 1 heterocycles. The van der Waals surface area contributed by atoms with E-state index < -0.39 is 11.7 Å². The van der Waals surface area contributed by atoms with E-state index in [9.17, 15) is 9.18 Å². The highest BCUT2D eigenvalue weighted by molar-refractivity contribution is 6.39. The Morgan fingerprint density at radius 1 is 1.28 bits per heavy atom. The van der Waals surface area contributed by atoms with Crippen LogP contribution in [0.3, 0.4) is 0 Å². The number of imidazole rings is 1. The molecule has 0 atom stereocenters. The highest BCUT2D eigenvalue weighted by Crippen LogP contribution is 2.34. The van der Waals surface area contributed by atoms with Crippen molar-refractivity contribution in [3.63, 3.8) is 0 Å². The van der Waals surface area contributed by atoms with Gasteiger partial charge in [-0.2, -0.15) is 0 Å². The van der Waals surface area contributed by atoms with Crippen LogP contribution in [0.15, 0.2) is 30.3 Å². The van der Waals surface area contributed by atoms with Crippen LogP contribution in [0, 0.1) is 11.7 Å². The van der Waals surface area contributed by atoms with Crippen molar-refractivity contribution < 1.29 is 9.18 Å². The predicted molar refractivity (Wildman–Crippen MR) is 115 cm³/mol. The number of hydrogen-bond donors (Lipinski definition) is 2. The van der Waals surface area contributed by atoms with Crippen LogP contribution in [0.2, 0.25) is 10.0 Å². The van der Waals surface area contributed by atoms with Gasteiger partial charge < -0.3 is 15.2 Å². The molecule has 3 aromatic rings. The number of fused-ring (bicyclic) bond motifs is 1. The Balaban J connectivity index is 1.56. The van der Waals surface area contributed by atoms with Crippen molar-refractivity contribution in [3.8, 4) is 0 Å². The zero-order valence-corrected chi connectivity index (χ0v) is 17.4. The molecule has 2 aromatic carbocycles. The Kier molecular flexibility index (Phi) is 5.65. The first-order chi connectivity index (χ1) is 13.9. The lowest BCUT2D eigenvalue weighted by atomic mass is 10.1. The van der Waals surface area contributed by atoms with Gasteiger partial charge >= 0.3 is 0 Å². The number of hydrogen-bond acceptors (Lipinski definition) is 3. The zero-order valence-electron chi connectivity index (χ0n) is 15.9. The third kappa shape index (κ3) is 4.33. The molecule has 152 valence electrons. The number of para-hydroxylation sites is 1. The van der Waals surface area contributed by atoms with Crippen molar-refractivity contribution in [2.75, 3.05) is 11.9 Å². The van der Waals surface area contributed by atoms with Gasteiger partial charge in [0, 0.05) is 19.7 Å². The van der Waals surface area contributed by atoms with Crippen LogP contribution in [0.1, 0.15) is 36.0 Å². The van der Waals surface area contributed by atoms with Gasteiger partial charge in [-0.25, -0.2) is 9.37 Å². The smallest absolute Gasteiger partial charge is 0.254 e. The monoisotopic (exact) mass is 434 g/mol. The molecule has 1 aliphatic carbocycles. The number of aromatic nitrogens is 2. The SMILES string of the molecule is Cn1c(Nc2c(Cl)cccc2Cl)nc2cc(C(=O)NCCCC3CC3)c(F)cc21. The Morgan fingerprint density at radius 3 is 2.69 bits per heavy atom. The maximum Gasteiger partial charge on any atom is 0.254 e. The van der Waals surface area contributed by atoms with E-state index >= 15 is 0 Å². The summed E-state index contributed by atoms with van der Waals surface area (Å²) in [7, 11) is 1.75. The highest BCUT2D eigenvalue weighted by Gasteiger charge is 2.21. The molecule has 1 fully saturated rings. The highest BCUT2D eigenvalue weighted by atomic mass is 35.5. The lowest BCUT2D eigenvalue weighted by Crippen LogP contribution is -2.25. The number of carbonyl (C=O) groups is 1. The molecule has 0 unspecified atom stereocenters. The molecule has 0 spiro atoms. The van der Waals surface area contributed by atoms with Crippen LogP contribution in [0.4, 0.5) is 16.0 Å². The van der Waals surface area contributed by atoms with Gasteiger partial charge in [-0.1, -0.05) is 42.1 Å². The van der Waals surface area contributed by atoms with E-state index in [1.807, 2.05) is 0 Å². The molecule has 0 saturated heterocycles. The number of anilines is 2. The number of rotatable bonds is 7. The van der Waals surface area contributed by atoms with Gasteiger partial charge in [0.15, 0.2) is 0 Å². The summed E-state index contributed by atoms with van der Waals surface area (Å²) in [4.78, 5) is 16.9. The molecule has 0 aliphatic heterocycles. The first kappa shape index (κ1) is 20.0. The number of nitrogens with zero attached hydrogens (tertiary/aromatic N) is 2. The lowest BCUT2D eigenvalue weighted by Gasteiger charge is -2.09. The van der Waals surface area contributed by atoms with Gasteiger partial charge in [-0.15, -0.1) is 0 Å². The second-order valence-corrected chi connectivity index (χ2v) is 8.19. The van der Waals surface area contributed by atoms with E-state index in [2.05, 4.69) is 15.6 Å². The molecule has 1 saturated carbocycles. The molecule has 0 bridgehead atoms. The van der Waals surface area contributed by atoms with Crippen LogP contribution in [-0.4, -0.2) is 22.0 Å². The second-order valence-electron chi connectivity index (χ2n) is 7.38. The Morgan fingerprint density at radius 2 is 2.00 bits per heavy atom. The van der Waals surface area contributed by atoms with Crippen LogP contribution < -0.4 is 10.6 Å². The number of carbonyl (C=O) groups excluding carboxylic acids is 1. The fourth-order valence-corrected chi connectivity index (χ4v) is 3.81. The topological polar surface area (TPSA) is 59.0 Å². The van der Waals surface area contributed by atoms with Crippen molar-refractivity contribution in [1.82, 2.24) is 14.9 Å². The summed E-state index contributed by atoms with van der Waals surface area (Å²) in [6, 6.07) is 7.96. The van der Waals surface area contributed by atoms with Crippen LogP contribution in [-0.2, 0) is 7.05 Å². The molecular formula is C21H21Cl2FN4O. The van der Waals surface area contributed by atoms with Gasteiger partial charge in [-0.05, 0) is 37.0 Å². The molecule has 1 aromatic heterocycles. The van der Waals surface area contributed by atoms with Crippen molar-refractivity contribution in [2.45, 2.75) is 25.7 Å². The summed E-state index contributed by atoms with van der Waals surface area (Å²) in [5.74, 6) is 0.250. The molecule has 2 N–H and O–H groups in total. The molecule has 5 nitrogen and oxygen atoms in total. The van der Waals surface area contributed by atoms with E-state index in [4.69, 9.17) is 23.2 Å². The predicted octanol–water partition coefficient (Wildman–Crippen LogP) is 5.68. The molecular weight excluding hydrogens is 414 g/mol. The number of amides is 1. The van der Waals surface area contributed by atoms with E-state index in [0.29, 0.717) is 39.3 Å². The van der Waals surface area contributed by atoms with E-state index in [-0.39, 0.29) is 5.56 Å². The summed E-state index contributed by atoms with van der Waals surface area (Å²) in [6.07, 6.45) is 4.60. The van der Waals surface area contributed by atoms with E-state index in [1.54, 1.807) is 29.8 Å². The largest absolute Gasteiger partial charge is 0.352 e. The average Bonchev–Trinajstić information content (AvgIpc) is 3.47. The van der Waals surface area contributed by atoms with Crippen LogP contribution >= 0.6 is 23.2 Å². The van der Waals surface area contributed by atoms with Crippen molar-refractivity contribution in [2.24, 2.45) is 13.0 Å². The van der Waals surface area contributed by atoms with Crippen LogP contribution in [0.5, 0.6) is 0 Å². The number of halogens is 3. The maximum atomic E-state index is 14.6. The summed E-state index contributed by atoms with van der Waals surface area (Å²) < 4.78 is 16.3. The third-order valence-corrected chi connectivity index (χ3v) is 5.82. The standard InChI is InChI=1S/C21H21Cl2FN4O/c1-28-18-11-16(24)13(20(29)25-9-3-4-12-7-8-12)10-17(18)26-21(28)27-19-14(22)5-2-6-15(19)23/h2,5-6,10-12H,3-4,7-9H2,1H3,(H,25,29)(H,26,27). The minimum atomic E-state index is -0.581. The number of benzene rings is 2. The van der Waals surface area contributed by atoms with Gasteiger partial charge in [-0.3, -0.25) is 4.79 Å². The number of aryl methyl sites for hydroxylation is 1. The first-order valence-electron chi connectivity index (χ1n) is 9.59. The average molecular weight is 435 g/mol. The maximum absolute atomic E-state index is 14.6. The van der Waals surface area contributed by atoms with Crippen molar-refractivity contribution >= 4 is 51.8 Å². The summed E-state index contributed by atoms with van der Waals surface area (Å²) in [5.41, 5.74) is 1.56. The quantitative estimate of drug-likeness (QED) is 0.470. The Bertz CT molecular complexity index is 1060. The molecule has 0 radical (unpaired) electrons. The normalized spacial score (nSPS) is 13.7. The molecule has 8 heteroatoms. The van der Waals surface area contributed by atoms with Gasteiger partial charge in [0.1, 0.15) is 5.82 Å². The minimum absolute atomic E-state index is 0.00986. The minimum Gasteiger partial charge on any atom is -0.352 e. The lowest BCUT2D eigenvalue weighted by molar-refractivity contribution is 0.0949. The first-order valence-corrected chi connectivity index (χ1v) is 10.3. The second kappa shape index (κ2) is 8.20. The molecule has 1 amide bonds. The third-order valence-electron chi connectivity index (χ3n) is 5.19. The number of nitrogens with one attached hydrogen (secondary N) is 2. The van der Waals surface area contributed by atoms with Gasteiger partial charge in [0.2, 0.25) is 5.95 Å². The van der Waals surface area contributed by atoms with E-state index in [1.165, 1.54) is 25.0 Å².